The summed E-state index contributed by atoms with van der Waals surface area (Å²) in [6.45, 7) is 5.20. The molecule has 7 nitrogen and oxygen atoms in total. The number of hydrogen-bond acceptors (Lipinski definition) is 6. The number of pyridine rings is 1. The van der Waals surface area contributed by atoms with Crippen LogP contribution in [0.1, 0.15) is 19.4 Å². The van der Waals surface area contributed by atoms with E-state index >= 15 is 0 Å². The number of anilines is 1. The number of fused-ring (bicyclic) bond motifs is 1. The smallest absolute Gasteiger partial charge is 0.240 e. The van der Waals surface area contributed by atoms with E-state index in [4.69, 9.17) is 4.74 Å². The zero-order valence-corrected chi connectivity index (χ0v) is 19.9. The Morgan fingerprint density at radius 1 is 1.06 bits per heavy atom. The van der Waals surface area contributed by atoms with Gasteiger partial charge in [-0.15, -0.1) is 10.2 Å². The van der Waals surface area contributed by atoms with Gasteiger partial charge < -0.3 is 9.64 Å². The summed E-state index contributed by atoms with van der Waals surface area (Å²) in [5, 5.41) is 9.28. The molecule has 1 aliphatic heterocycles. The molecule has 1 unspecified atom stereocenters. The second kappa shape index (κ2) is 9.69. The molecule has 0 spiro atoms. The topological polar surface area (TPSA) is 73.1 Å². The molecule has 0 radical (unpaired) electrons. The summed E-state index contributed by atoms with van der Waals surface area (Å²) in [6.07, 6.45) is 4.35. The van der Waals surface area contributed by atoms with Gasteiger partial charge in [-0.3, -0.25) is 14.3 Å². The summed E-state index contributed by atoms with van der Waals surface area (Å²) >= 11 is 1.42. The Morgan fingerprint density at radius 2 is 1.82 bits per heavy atom. The molecule has 0 N–H and O–H groups in total. The molecule has 1 atom stereocenters. The number of carbonyl (C=O) groups is 1. The highest BCUT2D eigenvalue weighted by atomic mass is 32.2. The molecule has 34 heavy (non-hydrogen) atoms. The van der Waals surface area contributed by atoms with Crippen LogP contribution in [-0.4, -0.2) is 44.1 Å². The Morgan fingerprint density at radius 3 is 2.59 bits per heavy atom. The highest BCUT2D eigenvalue weighted by molar-refractivity contribution is 8.00. The van der Waals surface area contributed by atoms with E-state index in [-0.39, 0.29) is 11.2 Å². The highest BCUT2D eigenvalue weighted by Gasteiger charge is 2.30. The van der Waals surface area contributed by atoms with E-state index in [9.17, 15) is 4.79 Å². The van der Waals surface area contributed by atoms with Gasteiger partial charge >= 0.3 is 0 Å². The van der Waals surface area contributed by atoms with Gasteiger partial charge in [-0.1, -0.05) is 30.0 Å². The zero-order chi connectivity index (χ0) is 23.5. The molecule has 1 aliphatic rings. The maximum absolute atomic E-state index is 13.4. The van der Waals surface area contributed by atoms with Crippen molar-refractivity contribution >= 4 is 23.4 Å². The molecule has 5 rings (SSSR count). The van der Waals surface area contributed by atoms with Crippen LogP contribution in [0.4, 0.5) is 5.69 Å². The van der Waals surface area contributed by atoms with Crippen LogP contribution in [0.15, 0.2) is 78.2 Å². The van der Waals surface area contributed by atoms with Crippen molar-refractivity contribution < 1.29 is 9.53 Å². The molecule has 0 saturated heterocycles. The summed E-state index contributed by atoms with van der Waals surface area (Å²) < 4.78 is 7.58. The Balaban J connectivity index is 1.47. The van der Waals surface area contributed by atoms with Crippen LogP contribution in [0.5, 0.6) is 5.75 Å². The van der Waals surface area contributed by atoms with Gasteiger partial charge in [-0.2, -0.15) is 0 Å². The largest absolute Gasteiger partial charge is 0.494 e. The average molecular weight is 472 g/mol. The van der Waals surface area contributed by atoms with Crippen LogP contribution < -0.4 is 9.64 Å². The minimum Gasteiger partial charge on any atom is -0.494 e. The zero-order valence-electron chi connectivity index (χ0n) is 19.1. The van der Waals surface area contributed by atoms with E-state index in [0.717, 1.165) is 29.1 Å². The number of hydrogen-bond donors (Lipinski definition) is 0. The third-order valence-electron chi connectivity index (χ3n) is 5.76. The molecule has 0 fully saturated rings. The lowest BCUT2D eigenvalue weighted by atomic mass is 10.2. The van der Waals surface area contributed by atoms with E-state index < -0.39 is 0 Å². The van der Waals surface area contributed by atoms with Crippen molar-refractivity contribution in [1.82, 2.24) is 19.7 Å². The molecule has 2 aromatic carbocycles. The summed E-state index contributed by atoms with van der Waals surface area (Å²) in [5.74, 6) is 1.57. The van der Waals surface area contributed by atoms with Crippen molar-refractivity contribution in [3.63, 3.8) is 0 Å². The number of ether oxygens (including phenoxy) is 1. The van der Waals surface area contributed by atoms with Crippen molar-refractivity contribution in [3.8, 4) is 22.8 Å². The van der Waals surface area contributed by atoms with Gasteiger partial charge in [0.1, 0.15) is 5.75 Å². The lowest BCUT2D eigenvalue weighted by Gasteiger charge is -2.21. The molecular weight excluding hydrogens is 446 g/mol. The Kier molecular flexibility index (Phi) is 6.31. The maximum atomic E-state index is 13.4. The number of nitrogens with zero attached hydrogens (tertiary/aromatic N) is 5. The Labute approximate surface area is 202 Å². The highest BCUT2D eigenvalue weighted by Crippen LogP contribution is 2.34. The van der Waals surface area contributed by atoms with Crippen molar-refractivity contribution in [3.05, 3.63) is 78.6 Å². The van der Waals surface area contributed by atoms with Gasteiger partial charge in [0.15, 0.2) is 11.0 Å². The minimum absolute atomic E-state index is 0.0710. The summed E-state index contributed by atoms with van der Waals surface area (Å²) in [7, 11) is 0. The first-order valence-corrected chi connectivity index (χ1v) is 12.2. The number of amides is 1. The van der Waals surface area contributed by atoms with Crippen molar-refractivity contribution in [2.45, 2.75) is 30.7 Å². The van der Waals surface area contributed by atoms with Crippen molar-refractivity contribution in [1.29, 1.82) is 0 Å². The van der Waals surface area contributed by atoms with Crippen molar-refractivity contribution in [2.24, 2.45) is 0 Å². The predicted octanol–water partition coefficient (Wildman–Crippen LogP) is 4.80. The second-order valence-electron chi connectivity index (χ2n) is 7.93. The summed E-state index contributed by atoms with van der Waals surface area (Å²) in [4.78, 5) is 19.4. The molecule has 0 saturated carbocycles. The van der Waals surface area contributed by atoms with E-state index in [2.05, 4.69) is 21.2 Å². The normalized spacial score (nSPS) is 13.5. The number of benzene rings is 2. The molecule has 3 heterocycles. The van der Waals surface area contributed by atoms with Crippen LogP contribution in [0, 0.1) is 0 Å². The van der Waals surface area contributed by atoms with Crippen LogP contribution in [0.2, 0.25) is 0 Å². The number of rotatable bonds is 7. The van der Waals surface area contributed by atoms with E-state index in [0.29, 0.717) is 24.1 Å². The van der Waals surface area contributed by atoms with Crippen molar-refractivity contribution in [2.75, 3.05) is 18.1 Å². The van der Waals surface area contributed by atoms with Crippen LogP contribution in [0.25, 0.3) is 17.1 Å². The molecule has 0 bridgehead atoms. The second-order valence-corrected chi connectivity index (χ2v) is 9.24. The van der Waals surface area contributed by atoms with Gasteiger partial charge in [-0.05, 0) is 68.3 Å². The van der Waals surface area contributed by atoms with Gasteiger partial charge in [0.25, 0.3) is 0 Å². The van der Waals surface area contributed by atoms with Gasteiger partial charge in [0.05, 0.1) is 11.9 Å². The van der Waals surface area contributed by atoms with Gasteiger partial charge in [0.2, 0.25) is 5.91 Å². The molecule has 0 aliphatic carbocycles. The first kappa shape index (κ1) is 22.2. The molecule has 1 amide bonds. The molecular formula is C26H25N5O2S. The van der Waals surface area contributed by atoms with Gasteiger partial charge in [-0.25, -0.2) is 0 Å². The van der Waals surface area contributed by atoms with Crippen LogP contribution in [0.3, 0.4) is 0 Å². The standard InChI is InChI=1S/C26H25N5O2S/c1-3-33-22-10-8-21(9-11-22)31-24(20-12-15-27-16-13-20)28-29-26(31)34-18(2)25(32)30-17-14-19-6-4-5-7-23(19)30/h4-13,15-16,18H,3,14,17H2,1-2H3. The SMILES string of the molecule is CCOc1ccc(-n2c(SC(C)C(=O)N3CCc4ccccc43)nnc2-c2ccncc2)cc1. The minimum atomic E-state index is -0.331. The lowest BCUT2D eigenvalue weighted by Crippen LogP contribution is -2.35. The van der Waals surface area contributed by atoms with Crippen LogP contribution in [-0.2, 0) is 11.2 Å². The molecule has 2 aromatic heterocycles. The quantitative estimate of drug-likeness (QED) is 0.361. The Bertz CT molecular complexity index is 1290. The maximum Gasteiger partial charge on any atom is 0.240 e. The monoisotopic (exact) mass is 471 g/mol. The van der Waals surface area contributed by atoms with Crippen LogP contribution >= 0.6 is 11.8 Å². The first-order valence-electron chi connectivity index (χ1n) is 11.3. The third-order valence-corrected chi connectivity index (χ3v) is 6.79. The predicted molar refractivity (Wildman–Crippen MR) is 134 cm³/mol. The van der Waals surface area contributed by atoms with E-state index in [1.54, 1.807) is 12.4 Å². The fraction of sp³-hybridized carbons (Fsp3) is 0.231. The van der Waals surface area contributed by atoms with E-state index in [1.165, 1.54) is 17.3 Å². The number of carbonyl (C=O) groups excluding carboxylic acids is 1. The molecule has 8 heteroatoms. The molecule has 4 aromatic rings. The number of thioether (sulfide) groups is 1. The fourth-order valence-corrected chi connectivity index (χ4v) is 5.05. The van der Waals surface area contributed by atoms with E-state index in [1.807, 2.05) is 77.9 Å². The Hall–Kier alpha value is -3.65. The average Bonchev–Trinajstić information content (AvgIpc) is 3.49. The lowest BCUT2D eigenvalue weighted by molar-refractivity contribution is -0.117. The first-order chi connectivity index (χ1) is 16.7. The number of para-hydroxylation sites is 1. The number of aromatic nitrogens is 4. The third kappa shape index (κ3) is 4.28. The summed E-state index contributed by atoms with van der Waals surface area (Å²) in [5.41, 5.74) is 4.01. The summed E-state index contributed by atoms with van der Waals surface area (Å²) in [6, 6.07) is 19.7. The molecule has 172 valence electrons. The van der Waals surface area contributed by atoms with Gasteiger partial charge in [0, 0.05) is 35.9 Å². The fourth-order valence-electron chi connectivity index (χ4n) is 4.12.